The summed E-state index contributed by atoms with van der Waals surface area (Å²) in [4.78, 5) is 32.7. The number of unbranched alkanes of at least 4 members (excludes halogenated alkanes) is 2. The number of hydrogen-bond donors (Lipinski definition) is 0. The first-order valence-corrected chi connectivity index (χ1v) is 15.3. The molecule has 0 amide bonds. The Labute approximate surface area is 258 Å². The van der Waals surface area contributed by atoms with Crippen LogP contribution in [0.3, 0.4) is 0 Å². The number of nitrogens with zero attached hydrogens (tertiary/aromatic N) is 2. The van der Waals surface area contributed by atoms with Crippen LogP contribution in [-0.2, 0) is 16.1 Å². The first-order valence-electron chi connectivity index (χ1n) is 13.8. The van der Waals surface area contributed by atoms with E-state index in [0.717, 1.165) is 36.1 Å². The Bertz CT molecular complexity index is 1790. The Morgan fingerprint density at radius 3 is 2.52 bits per heavy atom. The van der Waals surface area contributed by atoms with Gasteiger partial charge in [-0.1, -0.05) is 103 Å². The number of aromatic nitrogens is 1. The second-order valence-electron chi connectivity index (χ2n) is 9.93. The maximum absolute atomic E-state index is 13.9. The number of thiazole rings is 1. The van der Waals surface area contributed by atoms with Crippen molar-refractivity contribution in [1.82, 2.24) is 4.57 Å². The third-order valence-corrected chi connectivity index (χ3v) is 8.46. The van der Waals surface area contributed by atoms with E-state index < -0.39 is 12.0 Å². The summed E-state index contributed by atoms with van der Waals surface area (Å²) < 4.78 is 13.6. The fourth-order valence-corrected chi connectivity index (χ4v) is 6.25. The van der Waals surface area contributed by atoms with E-state index in [1.54, 1.807) is 35.8 Å². The number of halogens is 2. The largest absolute Gasteiger partial charge is 0.494 e. The molecule has 1 aromatic heterocycles. The number of carbonyl (C=O) groups is 1. The second-order valence-corrected chi connectivity index (χ2v) is 11.8. The van der Waals surface area contributed by atoms with Crippen molar-refractivity contribution in [3.63, 3.8) is 0 Å². The van der Waals surface area contributed by atoms with Crippen LogP contribution in [0.15, 0.2) is 93.9 Å². The number of allylic oxidation sites excluding steroid dienone is 1. The van der Waals surface area contributed by atoms with E-state index in [1.165, 1.54) is 11.3 Å². The highest BCUT2D eigenvalue weighted by Gasteiger charge is 2.33. The van der Waals surface area contributed by atoms with E-state index in [4.69, 9.17) is 32.7 Å². The van der Waals surface area contributed by atoms with Crippen LogP contribution in [0, 0.1) is 0 Å². The summed E-state index contributed by atoms with van der Waals surface area (Å²) in [5.74, 6) is 0.202. The van der Waals surface area contributed by atoms with Crippen molar-refractivity contribution >= 4 is 46.6 Å². The topological polar surface area (TPSA) is 69.9 Å². The molecule has 6 nitrogen and oxygen atoms in total. The van der Waals surface area contributed by atoms with Crippen molar-refractivity contribution in [3.05, 3.63) is 130 Å². The molecule has 0 fully saturated rings. The number of esters is 1. The molecule has 0 saturated heterocycles. The first kappa shape index (κ1) is 29.8. The molecule has 1 atom stereocenters. The molecule has 216 valence electrons. The van der Waals surface area contributed by atoms with Crippen molar-refractivity contribution < 1.29 is 14.3 Å². The highest BCUT2D eigenvalue weighted by molar-refractivity contribution is 7.07. The second kappa shape index (κ2) is 13.6. The molecule has 0 radical (unpaired) electrons. The minimum absolute atomic E-state index is 0.104. The third kappa shape index (κ3) is 6.70. The smallest absolute Gasteiger partial charge is 0.338 e. The highest BCUT2D eigenvalue weighted by atomic mass is 35.5. The normalized spacial score (nSPS) is 14.9. The molecule has 0 saturated carbocycles. The number of carbonyl (C=O) groups excluding carboxylic acids is 1. The van der Waals surface area contributed by atoms with Crippen LogP contribution in [0.25, 0.3) is 6.08 Å². The number of hydrogen-bond acceptors (Lipinski definition) is 6. The standard InChI is InChI=1S/C33H30Cl2N2O4S/c1-3-4-8-17-40-26-15-12-23(13-16-26)30-29(32(39)41-20-22-9-6-5-7-10-22)21(2)36-33-37(30)31(38)28(42-33)18-24-11-14-25(34)19-27(24)35/h5-7,9-16,18-19,30H,3-4,8,17,20H2,1-2H3. The number of ether oxygens (including phenoxy) is 2. The van der Waals surface area contributed by atoms with Gasteiger partial charge >= 0.3 is 5.97 Å². The van der Waals surface area contributed by atoms with E-state index in [1.807, 2.05) is 54.6 Å². The Morgan fingerprint density at radius 2 is 1.81 bits per heavy atom. The highest BCUT2D eigenvalue weighted by Crippen LogP contribution is 2.32. The van der Waals surface area contributed by atoms with Crippen molar-refractivity contribution in [2.45, 2.75) is 45.8 Å². The molecular formula is C33H30Cl2N2O4S. The summed E-state index contributed by atoms with van der Waals surface area (Å²) in [7, 11) is 0. The fourth-order valence-electron chi connectivity index (χ4n) is 4.75. The average molecular weight is 622 g/mol. The van der Waals surface area contributed by atoms with Crippen LogP contribution in [0.2, 0.25) is 10.0 Å². The maximum atomic E-state index is 13.9. The lowest BCUT2D eigenvalue weighted by Gasteiger charge is -2.25. The zero-order valence-corrected chi connectivity index (χ0v) is 25.6. The van der Waals surface area contributed by atoms with Crippen molar-refractivity contribution in [2.24, 2.45) is 4.99 Å². The number of fused-ring (bicyclic) bond motifs is 1. The Hall–Kier alpha value is -3.65. The molecule has 9 heteroatoms. The van der Waals surface area contributed by atoms with Crippen LogP contribution in [0.5, 0.6) is 5.75 Å². The van der Waals surface area contributed by atoms with Crippen LogP contribution in [0.4, 0.5) is 0 Å². The molecule has 1 aliphatic heterocycles. The number of benzene rings is 3. The van der Waals surface area contributed by atoms with E-state index in [9.17, 15) is 9.59 Å². The average Bonchev–Trinajstić information content (AvgIpc) is 3.29. The van der Waals surface area contributed by atoms with Gasteiger partial charge in [0.2, 0.25) is 0 Å². The molecule has 4 aromatic rings. The lowest BCUT2D eigenvalue weighted by atomic mass is 9.96. The van der Waals surface area contributed by atoms with E-state index in [0.29, 0.717) is 42.8 Å². The molecular weight excluding hydrogens is 591 g/mol. The lowest BCUT2D eigenvalue weighted by molar-refractivity contribution is -0.140. The van der Waals surface area contributed by atoms with Gasteiger partial charge in [-0.2, -0.15) is 0 Å². The molecule has 42 heavy (non-hydrogen) atoms. The molecule has 2 heterocycles. The summed E-state index contributed by atoms with van der Waals surface area (Å²) in [6.45, 7) is 4.65. The summed E-state index contributed by atoms with van der Waals surface area (Å²) >= 11 is 13.7. The molecule has 0 N–H and O–H groups in total. The summed E-state index contributed by atoms with van der Waals surface area (Å²) in [5, 5.41) is 0.937. The lowest BCUT2D eigenvalue weighted by Crippen LogP contribution is -2.39. The van der Waals surface area contributed by atoms with Crippen LogP contribution >= 0.6 is 34.5 Å². The minimum Gasteiger partial charge on any atom is -0.494 e. The zero-order valence-electron chi connectivity index (χ0n) is 23.3. The van der Waals surface area contributed by atoms with Crippen molar-refractivity contribution in [3.8, 4) is 5.75 Å². The number of rotatable bonds is 10. The van der Waals surface area contributed by atoms with Gasteiger partial charge in [0, 0.05) is 10.0 Å². The quantitative estimate of drug-likeness (QED) is 0.143. The maximum Gasteiger partial charge on any atom is 0.338 e. The summed E-state index contributed by atoms with van der Waals surface area (Å²) in [5.41, 5.74) is 2.79. The Morgan fingerprint density at radius 1 is 1.05 bits per heavy atom. The SMILES string of the molecule is CCCCCOc1ccc(C2C(C(=O)OCc3ccccc3)=C(C)N=c3sc(=Cc4ccc(Cl)cc4Cl)c(=O)n32)cc1. The van der Waals surface area contributed by atoms with Gasteiger partial charge in [0.1, 0.15) is 12.4 Å². The van der Waals surface area contributed by atoms with Gasteiger partial charge in [0.05, 0.1) is 28.5 Å². The van der Waals surface area contributed by atoms with Crippen molar-refractivity contribution in [2.75, 3.05) is 6.61 Å². The van der Waals surface area contributed by atoms with Gasteiger partial charge in [-0.15, -0.1) is 0 Å². The predicted molar refractivity (Wildman–Crippen MR) is 168 cm³/mol. The van der Waals surface area contributed by atoms with E-state index in [-0.39, 0.29) is 12.2 Å². The molecule has 5 rings (SSSR count). The summed E-state index contributed by atoms with van der Waals surface area (Å²) in [6, 6.07) is 21.3. The third-order valence-electron chi connectivity index (χ3n) is 6.92. The molecule has 1 aliphatic rings. The van der Waals surface area contributed by atoms with Crippen molar-refractivity contribution in [1.29, 1.82) is 0 Å². The van der Waals surface area contributed by atoms with Gasteiger partial charge in [0.25, 0.3) is 5.56 Å². The predicted octanol–water partition coefficient (Wildman–Crippen LogP) is 6.85. The van der Waals surface area contributed by atoms with E-state index >= 15 is 0 Å². The van der Waals surface area contributed by atoms with Gasteiger partial charge in [-0.05, 0) is 60.4 Å². The van der Waals surface area contributed by atoms with Gasteiger partial charge in [-0.3, -0.25) is 9.36 Å². The first-order chi connectivity index (χ1) is 20.4. The molecule has 0 spiro atoms. The Kier molecular flexibility index (Phi) is 9.62. The molecule has 3 aromatic carbocycles. The fraction of sp³-hybridized carbons (Fsp3) is 0.242. The molecule has 1 unspecified atom stereocenters. The van der Waals surface area contributed by atoms with Crippen LogP contribution in [0.1, 0.15) is 55.8 Å². The van der Waals surface area contributed by atoms with E-state index in [2.05, 4.69) is 11.9 Å². The van der Waals surface area contributed by atoms with Crippen LogP contribution in [-0.4, -0.2) is 17.1 Å². The van der Waals surface area contributed by atoms with Gasteiger partial charge in [0.15, 0.2) is 4.80 Å². The zero-order chi connectivity index (χ0) is 29.6. The van der Waals surface area contributed by atoms with Gasteiger partial charge in [-0.25, -0.2) is 9.79 Å². The van der Waals surface area contributed by atoms with Crippen LogP contribution < -0.4 is 19.6 Å². The molecule has 0 aliphatic carbocycles. The van der Waals surface area contributed by atoms with Gasteiger partial charge < -0.3 is 9.47 Å². The summed E-state index contributed by atoms with van der Waals surface area (Å²) in [6.07, 6.45) is 4.92. The minimum atomic E-state index is -0.735. The molecule has 0 bridgehead atoms. The Balaban J connectivity index is 1.55. The monoisotopic (exact) mass is 620 g/mol.